The molecule has 0 aliphatic carbocycles. The molecule has 22 heavy (non-hydrogen) atoms. The summed E-state index contributed by atoms with van der Waals surface area (Å²) < 4.78 is 2.37. The van der Waals surface area contributed by atoms with E-state index in [0.29, 0.717) is 0 Å². The van der Waals surface area contributed by atoms with Crippen molar-refractivity contribution < 1.29 is 4.79 Å². The van der Waals surface area contributed by atoms with Gasteiger partial charge in [-0.3, -0.25) is 4.79 Å². The fourth-order valence-corrected chi connectivity index (χ4v) is 4.89. The first-order valence-electron chi connectivity index (χ1n) is 6.97. The van der Waals surface area contributed by atoms with Crippen LogP contribution in [0.5, 0.6) is 0 Å². The van der Waals surface area contributed by atoms with Crippen molar-refractivity contribution in [1.82, 2.24) is 0 Å². The van der Waals surface area contributed by atoms with Crippen LogP contribution in [0.1, 0.15) is 17.0 Å². The molecule has 2 aromatic heterocycles. The Bertz CT molecular complexity index is 909. The van der Waals surface area contributed by atoms with E-state index in [9.17, 15) is 4.79 Å². The average Bonchev–Trinajstić information content (AvgIpc) is 3.13. The standard InChI is InChI=1S/C18H13NOS2/c19-18(20)17(13-9-21-15-7-3-1-5-11(13)15)14-10-22-16-8-4-2-6-12(14)16/h1-10,17H,(H2,19,20). The second-order valence-electron chi connectivity index (χ2n) is 5.21. The van der Waals surface area contributed by atoms with Crippen LogP contribution >= 0.6 is 22.7 Å². The van der Waals surface area contributed by atoms with Crippen molar-refractivity contribution in [2.24, 2.45) is 5.73 Å². The molecule has 108 valence electrons. The van der Waals surface area contributed by atoms with E-state index >= 15 is 0 Å². The molecular formula is C18H13NOS2. The highest BCUT2D eigenvalue weighted by atomic mass is 32.1. The third-order valence-electron chi connectivity index (χ3n) is 3.93. The average molecular weight is 323 g/mol. The van der Waals surface area contributed by atoms with Crippen LogP contribution in [0.4, 0.5) is 0 Å². The van der Waals surface area contributed by atoms with E-state index < -0.39 is 5.92 Å². The van der Waals surface area contributed by atoms with Gasteiger partial charge in [-0.25, -0.2) is 0 Å². The van der Waals surface area contributed by atoms with Gasteiger partial charge in [0.15, 0.2) is 0 Å². The van der Waals surface area contributed by atoms with E-state index in [1.807, 2.05) is 24.3 Å². The van der Waals surface area contributed by atoms with E-state index in [1.165, 1.54) is 9.40 Å². The summed E-state index contributed by atoms with van der Waals surface area (Å²) in [6.45, 7) is 0. The lowest BCUT2D eigenvalue weighted by Crippen LogP contribution is -2.21. The lowest BCUT2D eigenvalue weighted by atomic mass is 9.90. The van der Waals surface area contributed by atoms with Crippen LogP contribution in [-0.4, -0.2) is 5.91 Å². The molecule has 0 unspecified atom stereocenters. The van der Waals surface area contributed by atoms with E-state index in [-0.39, 0.29) is 5.91 Å². The highest BCUT2D eigenvalue weighted by Gasteiger charge is 2.25. The molecule has 1 amide bonds. The van der Waals surface area contributed by atoms with Crippen molar-refractivity contribution in [3.8, 4) is 0 Å². The summed E-state index contributed by atoms with van der Waals surface area (Å²) in [7, 11) is 0. The Kier molecular flexibility index (Phi) is 3.21. The fraction of sp³-hybridized carbons (Fsp3) is 0.0556. The molecule has 0 fully saturated rings. The number of amides is 1. The molecule has 0 aliphatic heterocycles. The summed E-state index contributed by atoms with van der Waals surface area (Å²) >= 11 is 3.32. The van der Waals surface area contributed by atoms with Gasteiger partial charge in [-0.2, -0.15) is 0 Å². The van der Waals surface area contributed by atoms with Gasteiger partial charge in [0.25, 0.3) is 0 Å². The van der Waals surface area contributed by atoms with Crippen LogP contribution in [0, 0.1) is 0 Å². The van der Waals surface area contributed by atoms with Gasteiger partial charge in [0, 0.05) is 9.40 Å². The summed E-state index contributed by atoms with van der Waals surface area (Å²) in [4.78, 5) is 12.2. The predicted molar refractivity (Wildman–Crippen MR) is 94.7 cm³/mol. The molecule has 0 spiro atoms. The quantitative estimate of drug-likeness (QED) is 0.582. The Morgan fingerprint density at radius 3 is 1.73 bits per heavy atom. The van der Waals surface area contributed by atoms with Crippen LogP contribution in [-0.2, 0) is 4.79 Å². The zero-order chi connectivity index (χ0) is 15.1. The highest BCUT2D eigenvalue weighted by Crippen LogP contribution is 2.39. The topological polar surface area (TPSA) is 43.1 Å². The number of hydrogen-bond acceptors (Lipinski definition) is 3. The molecule has 0 saturated heterocycles. The van der Waals surface area contributed by atoms with Crippen molar-refractivity contribution in [2.75, 3.05) is 0 Å². The van der Waals surface area contributed by atoms with E-state index in [1.54, 1.807) is 22.7 Å². The van der Waals surface area contributed by atoms with Crippen molar-refractivity contribution >= 4 is 48.8 Å². The molecule has 0 aliphatic rings. The first-order valence-corrected chi connectivity index (χ1v) is 8.73. The zero-order valence-corrected chi connectivity index (χ0v) is 13.3. The van der Waals surface area contributed by atoms with Gasteiger partial charge in [-0.15, -0.1) is 22.7 Å². The minimum atomic E-state index is -0.396. The Labute approximate surface area is 135 Å². The Balaban J connectivity index is 1.97. The summed E-state index contributed by atoms with van der Waals surface area (Å²) in [6, 6.07) is 16.3. The van der Waals surface area contributed by atoms with Crippen molar-refractivity contribution in [1.29, 1.82) is 0 Å². The predicted octanol–water partition coefficient (Wildman–Crippen LogP) is 4.73. The minimum absolute atomic E-state index is 0.299. The Morgan fingerprint density at radius 2 is 1.27 bits per heavy atom. The first kappa shape index (κ1) is 13.5. The summed E-state index contributed by atoms with van der Waals surface area (Å²) in [5, 5.41) is 6.36. The molecule has 4 heteroatoms. The second-order valence-corrected chi connectivity index (χ2v) is 7.03. The molecule has 0 radical (unpaired) electrons. The molecular weight excluding hydrogens is 310 g/mol. The smallest absolute Gasteiger partial charge is 0.229 e. The Hall–Kier alpha value is -2.17. The lowest BCUT2D eigenvalue weighted by Gasteiger charge is -2.12. The Morgan fingerprint density at radius 1 is 0.818 bits per heavy atom. The van der Waals surface area contributed by atoms with Crippen LogP contribution < -0.4 is 5.73 Å². The highest BCUT2D eigenvalue weighted by molar-refractivity contribution is 7.17. The zero-order valence-electron chi connectivity index (χ0n) is 11.7. The number of benzene rings is 2. The minimum Gasteiger partial charge on any atom is -0.369 e. The van der Waals surface area contributed by atoms with E-state index in [4.69, 9.17) is 5.73 Å². The third kappa shape index (κ3) is 2.03. The number of carbonyl (C=O) groups excluding carboxylic acids is 1. The maximum absolute atomic E-state index is 12.2. The molecule has 0 bridgehead atoms. The molecule has 0 saturated carbocycles. The number of hydrogen-bond donors (Lipinski definition) is 1. The normalized spacial score (nSPS) is 11.5. The van der Waals surface area contributed by atoms with Gasteiger partial charge < -0.3 is 5.73 Å². The van der Waals surface area contributed by atoms with Gasteiger partial charge in [0.2, 0.25) is 5.91 Å². The maximum Gasteiger partial charge on any atom is 0.229 e. The van der Waals surface area contributed by atoms with Crippen molar-refractivity contribution in [3.05, 3.63) is 70.4 Å². The monoisotopic (exact) mass is 323 g/mol. The van der Waals surface area contributed by atoms with Gasteiger partial charge in [0.1, 0.15) is 0 Å². The molecule has 0 atom stereocenters. The number of rotatable bonds is 3. The van der Waals surface area contributed by atoms with Gasteiger partial charge in [0.05, 0.1) is 5.92 Å². The summed E-state index contributed by atoms with van der Waals surface area (Å²) in [5.41, 5.74) is 7.79. The number of fused-ring (bicyclic) bond motifs is 2. The third-order valence-corrected chi connectivity index (χ3v) is 5.89. The first-order chi connectivity index (χ1) is 10.8. The summed E-state index contributed by atoms with van der Waals surface area (Å²) in [5.74, 6) is -0.695. The molecule has 4 aromatic rings. The maximum atomic E-state index is 12.2. The van der Waals surface area contributed by atoms with Gasteiger partial charge in [-0.1, -0.05) is 36.4 Å². The molecule has 2 heterocycles. The van der Waals surface area contributed by atoms with Gasteiger partial charge >= 0.3 is 0 Å². The van der Waals surface area contributed by atoms with Gasteiger partial charge in [-0.05, 0) is 44.8 Å². The molecule has 2 aromatic carbocycles. The number of primary amides is 1. The van der Waals surface area contributed by atoms with Crippen LogP contribution in [0.25, 0.3) is 20.2 Å². The van der Waals surface area contributed by atoms with E-state index in [0.717, 1.165) is 21.9 Å². The number of thiophene rings is 2. The SMILES string of the molecule is NC(=O)C(c1csc2ccccc12)c1csc2ccccc12. The summed E-state index contributed by atoms with van der Waals surface area (Å²) in [6.07, 6.45) is 0. The number of nitrogens with two attached hydrogens (primary N) is 1. The lowest BCUT2D eigenvalue weighted by molar-refractivity contribution is -0.118. The largest absolute Gasteiger partial charge is 0.369 e. The molecule has 4 rings (SSSR count). The van der Waals surface area contributed by atoms with Crippen LogP contribution in [0.15, 0.2) is 59.3 Å². The fourth-order valence-electron chi connectivity index (χ4n) is 2.92. The van der Waals surface area contributed by atoms with Crippen LogP contribution in [0.3, 0.4) is 0 Å². The second kappa shape index (κ2) is 5.23. The van der Waals surface area contributed by atoms with Crippen molar-refractivity contribution in [2.45, 2.75) is 5.92 Å². The number of carbonyl (C=O) groups is 1. The van der Waals surface area contributed by atoms with Crippen LogP contribution in [0.2, 0.25) is 0 Å². The molecule has 2 nitrogen and oxygen atoms in total. The van der Waals surface area contributed by atoms with Crippen molar-refractivity contribution in [3.63, 3.8) is 0 Å². The molecule has 2 N–H and O–H groups in total. The van der Waals surface area contributed by atoms with E-state index in [2.05, 4.69) is 35.0 Å².